The number of aliphatic hydroxyl groups is 6. The van der Waals surface area contributed by atoms with Gasteiger partial charge in [0.15, 0.2) is 11.5 Å². The zero-order chi connectivity index (χ0) is 65.4. The van der Waals surface area contributed by atoms with Gasteiger partial charge < -0.3 is 87.5 Å². The van der Waals surface area contributed by atoms with Gasteiger partial charge in [0, 0.05) is 99.9 Å². The molecule has 0 unspecified atom stereocenters. The molecule has 31 heteroatoms. The van der Waals surface area contributed by atoms with Gasteiger partial charge in [-0.1, -0.05) is 49.8 Å². The second kappa shape index (κ2) is 33.0. The van der Waals surface area contributed by atoms with Gasteiger partial charge in [-0.25, -0.2) is 4.98 Å². The summed E-state index contributed by atoms with van der Waals surface area (Å²) >= 11 is 1.32. The van der Waals surface area contributed by atoms with Crippen molar-refractivity contribution in [2.75, 3.05) is 64.4 Å². The highest BCUT2D eigenvalue weighted by Crippen LogP contribution is 2.34. The number of halogens is 2. The minimum absolute atomic E-state index is 0. The standard InChI is InChI=1S/C62H85N13O15S.2ClH/c1-5-34-6-14-39(15-7-34)72-20-22-73(23-21-72)48-17-13-38(28-64-48)60-71-70-59(91-60)37-11-9-36(10-12-37)54(83)66-42-26-40(77)29-65-58(87)52-53(82)32(2)30-75(52)62(89)51(45(80)18-19-63)69-57(86)50(46(81)24-35-8-16-44(79)47(25-35)90-4)68-56(85)43-27-41(78)31-74(43)61(88)49(33(3)76)67-55(42)84;;/h8-13,16-17,25,28,32-34,39-43,45-46,49-53,76-82H,5-7,14-15,18-24,26-27,29-31,63H2,1-4H3,(H,65,87)(H,66,83)(H,67,84)(H,68,85)(H,69,86);2*1H/t32-,33+,34?,39?,40+,41+,42-,43-,45+,46+,49-,50-,51-,52-,53-;;/m0../s1. The largest absolute Gasteiger partial charge is 0.504 e. The lowest BCUT2D eigenvalue weighted by molar-refractivity contribution is -0.147. The van der Waals surface area contributed by atoms with Crippen LogP contribution < -0.4 is 42.0 Å². The summed E-state index contributed by atoms with van der Waals surface area (Å²) in [5.41, 5.74) is 7.51. The Labute approximate surface area is 555 Å². The quantitative estimate of drug-likeness (QED) is 0.0694. The van der Waals surface area contributed by atoms with E-state index in [0.717, 1.165) is 60.2 Å². The Bertz CT molecular complexity index is 3210. The number of amides is 7. The second-order valence-electron chi connectivity index (χ2n) is 24.6. The predicted octanol–water partition coefficient (Wildman–Crippen LogP) is -0.787. The number of nitrogens with one attached hydrogen (secondary N) is 5. The number of hydrogen-bond acceptors (Lipinski definition) is 22. The minimum Gasteiger partial charge on any atom is -0.504 e. The molecular weight excluding hydrogens is 1270 g/mol. The van der Waals surface area contributed by atoms with Crippen LogP contribution in [0.1, 0.15) is 88.1 Å². The molecule has 4 aromatic rings. The minimum atomic E-state index is -2.02. The molecule has 1 aliphatic carbocycles. The summed E-state index contributed by atoms with van der Waals surface area (Å²) in [4.78, 5) is 113. The number of aliphatic hydroxyl groups excluding tert-OH is 6. The molecule has 93 heavy (non-hydrogen) atoms. The van der Waals surface area contributed by atoms with Gasteiger partial charge in [0.25, 0.3) is 5.91 Å². The number of rotatable bonds is 15. The molecule has 28 nitrogen and oxygen atoms in total. The normalized spacial score (nSPS) is 28.1. The Kier molecular flexibility index (Phi) is 26.1. The van der Waals surface area contributed by atoms with Crippen molar-refractivity contribution in [1.82, 2.24) is 56.5 Å². The first kappa shape index (κ1) is 73.5. The lowest BCUT2D eigenvalue weighted by Gasteiger charge is -2.42. The number of fused-ring (bicyclic) bond motifs is 2. The topological polar surface area (TPSA) is 408 Å². The van der Waals surface area contributed by atoms with E-state index >= 15 is 0 Å². The van der Waals surface area contributed by atoms with E-state index in [-0.39, 0.29) is 67.0 Å². The van der Waals surface area contributed by atoms with Crippen molar-refractivity contribution in [3.05, 3.63) is 71.9 Å². The Morgan fingerprint density at radius 1 is 0.763 bits per heavy atom. The van der Waals surface area contributed by atoms with Gasteiger partial charge >= 0.3 is 0 Å². The number of aromatic nitrogens is 3. The molecule has 9 rings (SSSR count). The van der Waals surface area contributed by atoms with Crippen LogP contribution in [0.25, 0.3) is 21.1 Å². The van der Waals surface area contributed by atoms with Gasteiger partial charge in [0.05, 0.1) is 43.7 Å². The molecule has 2 aromatic carbocycles. The number of pyridine rings is 1. The number of aromatic hydroxyl groups is 1. The maximum atomic E-state index is 14.7. The van der Waals surface area contributed by atoms with Gasteiger partial charge in [0.1, 0.15) is 52.1 Å². The molecule has 4 saturated heterocycles. The molecule has 1 saturated carbocycles. The summed E-state index contributed by atoms with van der Waals surface area (Å²) in [6, 6.07) is 3.97. The lowest BCUT2D eigenvalue weighted by atomic mass is 9.84. The molecule has 4 aliphatic heterocycles. The zero-order valence-corrected chi connectivity index (χ0v) is 54.7. The molecule has 6 heterocycles. The number of hydrogen-bond donors (Lipinski definition) is 13. The highest BCUT2D eigenvalue weighted by molar-refractivity contribution is 7.17. The van der Waals surface area contributed by atoms with Crippen LogP contribution in [0.15, 0.2) is 60.8 Å². The van der Waals surface area contributed by atoms with Crippen LogP contribution in [-0.2, 0) is 35.2 Å². The fraction of sp³-hybridized carbons (Fsp3) is 0.581. The summed E-state index contributed by atoms with van der Waals surface area (Å²) in [5, 5.41) is 101. The van der Waals surface area contributed by atoms with Crippen molar-refractivity contribution in [1.29, 1.82) is 0 Å². The zero-order valence-electron chi connectivity index (χ0n) is 52.3. The number of ether oxygens (including phenoxy) is 1. The molecule has 0 spiro atoms. The third-order valence-corrected chi connectivity index (χ3v) is 19.3. The number of methoxy groups -OCH3 is 1. The molecule has 7 amide bonds. The van der Waals surface area contributed by atoms with Gasteiger partial charge in [-0.2, -0.15) is 0 Å². The van der Waals surface area contributed by atoms with Crippen molar-refractivity contribution < 1.29 is 74.0 Å². The third-order valence-electron chi connectivity index (χ3n) is 18.3. The van der Waals surface area contributed by atoms with Crippen LogP contribution in [0.3, 0.4) is 0 Å². The fourth-order valence-electron chi connectivity index (χ4n) is 12.9. The summed E-state index contributed by atoms with van der Waals surface area (Å²) in [6.45, 7) is 7.13. The van der Waals surface area contributed by atoms with Gasteiger partial charge in [0.2, 0.25) is 35.4 Å². The molecule has 510 valence electrons. The Hall–Kier alpha value is -6.90. The van der Waals surface area contributed by atoms with Crippen molar-refractivity contribution in [2.24, 2.45) is 17.6 Å². The number of benzene rings is 2. The highest BCUT2D eigenvalue weighted by Gasteiger charge is 2.50. The van der Waals surface area contributed by atoms with E-state index in [0.29, 0.717) is 21.6 Å². The number of carbonyl (C=O) groups excluding carboxylic acids is 7. The fourth-order valence-corrected chi connectivity index (χ4v) is 13.7. The number of piperazine rings is 1. The average molecular weight is 1360 g/mol. The number of carbonyl (C=O) groups is 7. The van der Waals surface area contributed by atoms with E-state index in [1.165, 1.54) is 80.9 Å². The smallest absolute Gasteiger partial charge is 0.251 e. The van der Waals surface area contributed by atoms with Crippen LogP contribution >= 0.6 is 36.2 Å². The van der Waals surface area contributed by atoms with Gasteiger partial charge in [-0.05, 0) is 93.5 Å². The molecule has 5 fully saturated rings. The average Bonchev–Trinajstić information content (AvgIpc) is 1.72. The molecule has 2 aromatic heterocycles. The van der Waals surface area contributed by atoms with Crippen molar-refractivity contribution in [3.63, 3.8) is 0 Å². The molecule has 14 N–H and O–H groups in total. The second-order valence-corrected chi connectivity index (χ2v) is 25.6. The Morgan fingerprint density at radius 2 is 1.41 bits per heavy atom. The maximum absolute atomic E-state index is 14.7. The van der Waals surface area contributed by atoms with Gasteiger partial charge in [-0.15, -0.1) is 35.0 Å². The molecule has 0 radical (unpaired) electrons. The predicted molar refractivity (Wildman–Crippen MR) is 346 cm³/mol. The number of nitrogens with zero attached hydrogens (tertiary/aromatic N) is 7. The SMILES string of the molecule is CCC1CCC(N2CCN(c3ccc(-c4nnc(-c5ccc(C(=O)N[C@H]6C[C@@H](O)CNC(=O)[C@@H]7[C@@H](O)[C@@H](C)CN7C(=O)[C@H]([C@H](O)CCN)NC(=O)[C@H]([C@H](O)Cc7ccc(O)c(OC)c7)NC(=O)[C@@H]7C[C@@H](O)CN7C(=O)[C@H]([C@@H](C)O)NC6=O)cc5)s4)cn3)CC2)CC1.Cl.Cl. The number of β-amino-alcohol motifs (C(OH)–C–C–N with tert-alkyl or cyclic N) is 1. The van der Waals surface area contributed by atoms with Crippen molar-refractivity contribution in [3.8, 4) is 32.6 Å². The first-order valence-corrected chi connectivity index (χ1v) is 32.0. The van der Waals surface area contributed by atoms with E-state index in [1.807, 2.05) is 12.1 Å². The van der Waals surface area contributed by atoms with E-state index in [9.17, 15) is 69.3 Å². The van der Waals surface area contributed by atoms with Gasteiger partial charge in [-0.3, -0.25) is 38.5 Å². The molecule has 5 aliphatic rings. The Morgan fingerprint density at radius 3 is 2.04 bits per heavy atom. The van der Waals surface area contributed by atoms with Crippen LogP contribution in [-0.4, -0.2) is 245 Å². The van der Waals surface area contributed by atoms with E-state index in [4.69, 9.17) is 15.5 Å². The number of anilines is 1. The summed E-state index contributed by atoms with van der Waals surface area (Å²) in [7, 11) is 1.28. The number of phenols is 1. The maximum Gasteiger partial charge on any atom is 0.251 e. The van der Waals surface area contributed by atoms with Crippen molar-refractivity contribution in [2.45, 2.75) is 157 Å². The lowest BCUT2D eigenvalue weighted by Crippen LogP contribution is -2.64. The van der Waals surface area contributed by atoms with Crippen molar-refractivity contribution >= 4 is 83.3 Å². The summed E-state index contributed by atoms with van der Waals surface area (Å²) in [6.07, 6.45) is -3.53. The van der Waals surface area contributed by atoms with E-state index in [2.05, 4.69) is 53.5 Å². The van der Waals surface area contributed by atoms with Crippen LogP contribution in [0.4, 0.5) is 5.82 Å². The van der Waals surface area contributed by atoms with E-state index in [1.54, 1.807) is 25.3 Å². The molecule has 0 bridgehead atoms. The number of phenolic OH excluding ortho intramolecular Hbond substituents is 1. The summed E-state index contributed by atoms with van der Waals surface area (Å²) < 4.78 is 5.20. The number of nitrogens with two attached hydrogens (primary N) is 1. The first-order valence-electron chi connectivity index (χ1n) is 31.2. The van der Waals surface area contributed by atoms with Crippen LogP contribution in [0.5, 0.6) is 11.5 Å². The first-order chi connectivity index (χ1) is 43.5. The monoisotopic (exact) mass is 1360 g/mol. The van der Waals surface area contributed by atoms with Crippen LogP contribution in [0, 0.1) is 11.8 Å². The molecule has 13 atom stereocenters. The third kappa shape index (κ3) is 17.5. The molecular formula is C62H87Cl2N13O15S. The van der Waals surface area contributed by atoms with E-state index < -0.39 is 152 Å². The Balaban J connectivity index is 0.00000613. The van der Waals surface area contributed by atoms with Crippen LogP contribution in [0.2, 0.25) is 0 Å². The summed E-state index contributed by atoms with van der Waals surface area (Å²) in [5.74, 6) is -6.77. The highest BCUT2D eigenvalue weighted by atomic mass is 35.5.